The highest BCUT2D eigenvalue weighted by atomic mass is 32.2. The first kappa shape index (κ1) is 20.0. The lowest BCUT2D eigenvalue weighted by Gasteiger charge is -2.36. The van der Waals surface area contributed by atoms with E-state index in [1.165, 1.54) is 24.3 Å². The number of nitrogens with zero attached hydrogens (tertiary/aromatic N) is 2. The van der Waals surface area contributed by atoms with E-state index in [1.807, 2.05) is 24.3 Å². The zero-order valence-corrected chi connectivity index (χ0v) is 17.3. The van der Waals surface area contributed by atoms with Crippen molar-refractivity contribution in [1.82, 2.24) is 4.90 Å². The van der Waals surface area contributed by atoms with Gasteiger partial charge in [-0.2, -0.15) is 0 Å². The number of amides is 1. The number of hydrogen-bond donors (Lipinski definition) is 0. The molecular formula is C22H22N2O5S. The van der Waals surface area contributed by atoms with Crippen LogP contribution in [0.25, 0.3) is 0 Å². The summed E-state index contributed by atoms with van der Waals surface area (Å²) < 4.78 is 36.2. The van der Waals surface area contributed by atoms with Crippen LogP contribution < -0.4 is 9.64 Å². The smallest absolute Gasteiger partial charge is 0.289 e. The Balaban J connectivity index is 1.46. The molecule has 0 radical (unpaired) electrons. The first-order valence-corrected chi connectivity index (χ1v) is 11.1. The Morgan fingerprint density at radius 1 is 0.900 bits per heavy atom. The molecule has 1 aliphatic rings. The number of carbonyl (C=O) groups is 1. The number of rotatable bonds is 5. The first-order chi connectivity index (χ1) is 14.5. The van der Waals surface area contributed by atoms with E-state index in [0.717, 1.165) is 11.4 Å². The van der Waals surface area contributed by atoms with Crippen molar-refractivity contribution in [2.75, 3.05) is 38.2 Å². The molecule has 0 N–H and O–H groups in total. The quantitative estimate of drug-likeness (QED) is 0.624. The number of furan rings is 1. The molecule has 2 heterocycles. The minimum atomic E-state index is -3.79. The van der Waals surface area contributed by atoms with Crippen LogP contribution >= 0.6 is 0 Å². The maximum absolute atomic E-state index is 12.8. The van der Waals surface area contributed by atoms with Crippen molar-refractivity contribution in [1.29, 1.82) is 0 Å². The molecule has 3 aromatic rings. The number of anilines is 1. The average molecular weight is 426 g/mol. The van der Waals surface area contributed by atoms with E-state index in [2.05, 4.69) is 4.90 Å². The number of ether oxygens (including phenoxy) is 1. The van der Waals surface area contributed by atoms with Gasteiger partial charge in [-0.25, -0.2) is 8.42 Å². The topological polar surface area (TPSA) is 80.1 Å². The molecule has 0 bridgehead atoms. The Morgan fingerprint density at radius 2 is 1.57 bits per heavy atom. The summed E-state index contributed by atoms with van der Waals surface area (Å²) in [5, 5.41) is -0.232. The number of benzene rings is 2. The molecule has 1 aliphatic heterocycles. The summed E-state index contributed by atoms with van der Waals surface area (Å²) in [7, 11) is -2.16. The fraction of sp³-hybridized carbons (Fsp3) is 0.227. The summed E-state index contributed by atoms with van der Waals surface area (Å²) in [4.78, 5) is 16.8. The third kappa shape index (κ3) is 3.78. The Hall–Kier alpha value is -3.26. The van der Waals surface area contributed by atoms with Gasteiger partial charge in [0.1, 0.15) is 5.75 Å². The van der Waals surface area contributed by atoms with Gasteiger partial charge in [-0.1, -0.05) is 30.3 Å². The van der Waals surface area contributed by atoms with Gasteiger partial charge in [0.2, 0.25) is 14.9 Å². The van der Waals surface area contributed by atoms with E-state index in [9.17, 15) is 13.2 Å². The molecule has 2 aromatic carbocycles. The molecule has 0 spiro atoms. The number of piperazine rings is 1. The van der Waals surface area contributed by atoms with E-state index in [0.29, 0.717) is 26.2 Å². The van der Waals surface area contributed by atoms with Crippen LogP contribution in [0.4, 0.5) is 5.69 Å². The molecule has 0 aliphatic carbocycles. The Kier molecular flexibility index (Phi) is 5.50. The molecule has 8 heteroatoms. The molecule has 1 saturated heterocycles. The molecule has 7 nitrogen and oxygen atoms in total. The standard InChI is InChI=1S/C22H22N2O5S/c1-28-19-10-6-5-9-18(19)23-13-15-24(16-14-23)22(25)20-11-12-21(29-20)30(26,27)17-7-3-2-4-8-17/h2-12H,13-16H2,1H3. The van der Waals surface area contributed by atoms with Crippen LogP contribution in [-0.4, -0.2) is 52.5 Å². The predicted molar refractivity (Wildman–Crippen MR) is 112 cm³/mol. The van der Waals surface area contributed by atoms with E-state index < -0.39 is 9.84 Å². The summed E-state index contributed by atoms with van der Waals surface area (Å²) in [6, 6.07) is 18.5. The van der Waals surface area contributed by atoms with Crippen molar-refractivity contribution in [2.45, 2.75) is 9.99 Å². The fourth-order valence-electron chi connectivity index (χ4n) is 3.49. The van der Waals surface area contributed by atoms with Crippen LogP contribution in [0.5, 0.6) is 5.75 Å². The molecule has 0 saturated carbocycles. The van der Waals surface area contributed by atoms with E-state index >= 15 is 0 Å². The molecular weight excluding hydrogens is 404 g/mol. The summed E-state index contributed by atoms with van der Waals surface area (Å²) in [6.07, 6.45) is 0. The molecule has 0 unspecified atom stereocenters. The van der Waals surface area contributed by atoms with Gasteiger partial charge in [-0.15, -0.1) is 0 Å². The van der Waals surface area contributed by atoms with E-state index in [1.54, 1.807) is 30.2 Å². The highest BCUT2D eigenvalue weighted by Crippen LogP contribution is 2.29. The van der Waals surface area contributed by atoms with Gasteiger partial charge < -0.3 is 19.0 Å². The number of hydrogen-bond acceptors (Lipinski definition) is 6. The lowest BCUT2D eigenvalue weighted by molar-refractivity contribution is 0.0709. The largest absolute Gasteiger partial charge is 0.495 e. The molecule has 1 amide bonds. The van der Waals surface area contributed by atoms with E-state index in [-0.39, 0.29) is 21.7 Å². The van der Waals surface area contributed by atoms with Crippen molar-refractivity contribution in [3.05, 3.63) is 72.5 Å². The van der Waals surface area contributed by atoms with Crippen LogP contribution in [0.1, 0.15) is 10.6 Å². The maximum Gasteiger partial charge on any atom is 0.289 e. The second-order valence-corrected chi connectivity index (χ2v) is 8.77. The minimum Gasteiger partial charge on any atom is -0.495 e. The van der Waals surface area contributed by atoms with Crippen LogP contribution in [-0.2, 0) is 9.84 Å². The summed E-state index contributed by atoms with van der Waals surface area (Å²) in [5.74, 6) is 0.499. The third-order valence-electron chi connectivity index (χ3n) is 5.10. The van der Waals surface area contributed by atoms with Crippen molar-refractivity contribution in [3.63, 3.8) is 0 Å². The monoisotopic (exact) mass is 426 g/mol. The third-order valence-corrected chi connectivity index (χ3v) is 6.75. The van der Waals surface area contributed by atoms with Gasteiger partial charge in [0, 0.05) is 26.2 Å². The Labute approximate surface area is 175 Å². The molecule has 0 atom stereocenters. The summed E-state index contributed by atoms with van der Waals surface area (Å²) >= 11 is 0. The SMILES string of the molecule is COc1ccccc1N1CCN(C(=O)c2ccc(S(=O)(=O)c3ccccc3)o2)CC1. The van der Waals surface area contributed by atoms with Gasteiger partial charge in [-0.05, 0) is 36.4 Å². The van der Waals surface area contributed by atoms with Gasteiger partial charge in [0.05, 0.1) is 17.7 Å². The van der Waals surface area contributed by atoms with Crippen molar-refractivity contribution in [3.8, 4) is 5.75 Å². The summed E-state index contributed by atoms with van der Waals surface area (Å²) in [6.45, 7) is 2.28. The molecule has 1 aromatic heterocycles. The second-order valence-electron chi connectivity index (χ2n) is 6.89. The van der Waals surface area contributed by atoms with Gasteiger partial charge in [-0.3, -0.25) is 4.79 Å². The number of carbonyl (C=O) groups excluding carboxylic acids is 1. The zero-order valence-electron chi connectivity index (χ0n) is 16.5. The lowest BCUT2D eigenvalue weighted by atomic mass is 10.2. The first-order valence-electron chi connectivity index (χ1n) is 9.58. The van der Waals surface area contributed by atoms with Crippen LogP contribution in [0, 0.1) is 0 Å². The Morgan fingerprint density at radius 3 is 2.27 bits per heavy atom. The number of methoxy groups -OCH3 is 1. The molecule has 1 fully saturated rings. The molecule has 156 valence electrons. The van der Waals surface area contributed by atoms with Crippen LogP contribution in [0.3, 0.4) is 0 Å². The minimum absolute atomic E-state index is 0.0234. The fourth-order valence-corrected chi connectivity index (χ4v) is 4.69. The van der Waals surface area contributed by atoms with E-state index in [4.69, 9.17) is 9.15 Å². The zero-order chi connectivity index (χ0) is 21.1. The van der Waals surface area contributed by atoms with Gasteiger partial charge in [0.25, 0.3) is 5.91 Å². The molecule has 30 heavy (non-hydrogen) atoms. The number of para-hydroxylation sites is 2. The normalized spacial score (nSPS) is 14.6. The Bertz CT molecular complexity index is 1130. The lowest BCUT2D eigenvalue weighted by Crippen LogP contribution is -2.48. The van der Waals surface area contributed by atoms with Gasteiger partial charge in [0.15, 0.2) is 5.76 Å². The highest BCUT2D eigenvalue weighted by molar-refractivity contribution is 7.91. The van der Waals surface area contributed by atoms with Gasteiger partial charge >= 0.3 is 0 Å². The van der Waals surface area contributed by atoms with Crippen LogP contribution in [0.15, 0.2) is 81.1 Å². The number of sulfone groups is 1. The maximum atomic E-state index is 12.8. The van der Waals surface area contributed by atoms with Crippen LogP contribution in [0.2, 0.25) is 0 Å². The molecule has 4 rings (SSSR count). The average Bonchev–Trinajstić information content (AvgIpc) is 3.30. The second kappa shape index (κ2) is 8.23. The van der Waals surface area contributed by atoms with Crippen molar-refractivity contribution >= 4 is 21.4 Å². The van der Waals surface area contributed by atoms with Crippen molar-refractivity contribution < 1.29 is 22.4 Å². The van der Waals surface area contributed by atoms with Crippen molar-refractivity contribution in [2.24, 2.45) is 0 Å². The predicted octanol–water partition coefficient (Wildman–Crippen LogP) is 3.08. The highest BCUT2D eigenvalue weighted by Gasteiger charge is 2.28. The summed E-state index contributed by atoms with van der Waals surface area (Å²) in [5.41, 5.74) is 0.987.